The van der Waals surface area contributed by atoms with E-state index in [4.69, 9.17) is 4.74 Å². The smallest absolute Gasteiger partial charge is 0.251 e. The monoisotopic (exact) mass is 420 g/mol. The molecule has 0 bridgehead atoms. The van der Waals surface area contributed by atoms with E-state index >= 15 is 0 Å². The van der Waals surface area contributed by atoms with Crippen molar-refractivity contribution in [3.05, 3.63) is 64.5 Å². The number of morpholine rings is 1. The van der Waals surface area contributed by atoms with Crippen LogP contribution in [0.1, 0.15) is 40.0 Å². The van der Waals surface area contributed by atoms with Crippen LogP contribution >= 0.6 is 0 Å². The SMILES string of the molecule is Cc1ccc(C)c(C(C)NC(=O)c2ccc(F)c(S(=O)(=O)N3CCOCC3)c2)c1. The first-order valence-electron chi connectivity index (χ1n) is 9.45. The summed E-state index contributed by atoms with van der Waals surface area (Å²) in [4.78, 5) is 12.2. The Balaban J connectivity index is 1.85. The van der Waals surface area contributed by atoms with E-state index in [1.807, 2.05) is 39.0 Å². The van der Waals surface area contributed by atoms with Crippen LogP contribution < -0.4 is 5.32 Å². The number of hydrogen-bond donors (Lipinski definition) is 1. The second-order valence-electron chi connectivity index (χ2n) is 7.22. The van der Waals surface area contributed by atoms with Gasteiger partial charge < -0.3 is 10.1 Å². The number of amides is 1. The Labute approximate surface area is 170 Å². The molecular formula is C21H25FN2O4S. The predicted octanol–water partition coefficient (Wildman–Crippen LogP) is 2.95. The van der Waals surface area contributed by atoms with Gasteiger partial charge in [-0.1, -0.05) is 23.8 Å². The van der Waals surface area contributed by atoms with Gasteiger partial charge in [-0.25, -0.2) is 12.8 Å². The Morgan fingerprint density at radius 3 is 2.52 bits per heavy atom. The molecule has 1 heterocycles. The second kappa shape index (κ2) is 8.61. The van der Waals surface area contributed by atoms with Gasteiger partial charge in [0.1, 0.15) is 10.7 Å². The van der Waals surface area contributed by atoms with Gasteiger partial charge in [0, 0.05) is 18.7 Å². The second-order valence-corrected chi connectivity index (χ2v) is 9.12. The zero-order valence-electron chi connectivity index (χ0n) is 16.7. The number of hydrogen-bond acceptors (Lipinski definition) is 4. The Bertz CT molecular complexity index is 1020. The lowest BCUT2D eigenvalue weighted by Crippen LogP contribution is -2.41. The van der Waals surface area contributed by atoms with Crippen LogP contribution in [0.2, 0.25) is 0 Å². The van der Waals surface area contributed by atoms with Crippen molar-refractivity contribution in [3.8, 4) is 0 Å². The molecule has 2 aromatic carbocycles. The van der Waals surface area contributed by atoms with Crippen molar-refractivity contribution in [1.82, 2.24) is 9.62 Å². The number of benzene rings is 2. The number of rotatable bonds is 5. The van der Waals surface area contributed by atoms with Crippen LogP contribution in [0.4, 0.5) is 4.39 Å². The molecule has 1 aliphatic heterocycles. The summed E-state index contributed by atoms with van der Waals surface area (Å²) >= 11 is 0. The van der Waals surface area contributed by atoms with Crippen LogP contribution in [0.25, 0.3) is 0 Å². The molecule has 0 spiro atoms. The normalized spacial score (nSPS) is 16.4. The molecule has 3 rings (SSSR count). The Morgan fingerprint density at radius 1 is 1.14 bits per heavy atom. The van der Waals surface area contributed by atoms with Gasteiger partial charge in [0.2, 0.25) is 10.0 Å². The average Bonchev–Trinajstić information content (AvgIpc) is 2.70. The number of ether oxygens (including phenoxy) is 1. The molecule has 2 aromatic rings. The van der Waals surface area contributed by atoms with Crippen molar-refractivity contribution in [2.75, 3.05) is 26.3 Å². The molecule has 8 heteroatoms. The zero-order valence-corrected chi connectivity index (χ0v) is 17.6. The van der Waals surface area contributed by atoms with Crippen LogP contribution in [0.15, 0.2) is 41.3 Å². The summed E-state index contributed by atoms with van der Waals surface area (Å²) in [5.41, 5.74) is 3.18. The third-order valence-corrected chi connectivity index (χ3v) is 6.94. The first kappa shape index (κ1) is 21.4. The molecule has 6 nitrogen and oxygen atoms in total. The molecule has 1 fully saturated rings. The van der Waals surface area contributed by atoms with Crippen molar-refractivity contribution in [2.24, 2.45) is 0 Å². The van der Waals surface area contributed by atoms with E-state index in [0.717, 1.165) is 28.8 Å². The van der Waals surface area contributed by atoms with Gasteiger partial charge in [0.15, 0.2) is 0 Å². The van der Waals surface area contributed by atoms with Gasteiger partial charge >= 0.3 is 0 Å². The van der Waals surface area contributed by atoms with Crippen molar-refractivity contribution >= 4 is 15.9 Å². The maximum atomic E-state index is 14.3. The summed E-state index contributed by atoms with van der Waals surface area (Å²) in [5, 5.41) is 2.87. The van der Waals surface area contributed by atoms with Gasteiger partial charge in [0.05, 0.1) is 19.3 Å². The molecule has 0 aliphatic carbocycles. The van der Waals surface area contributed by atoms with Gasteiger partial charge in [0.25, 0.3) is 5.91 Å². The minimum absolute atomic E-state index is 0.0930. The van der Waals surface area contributed by atoms with E-state index in [9.17, 15) is 17.6 Å². The highest BCUT2D eigenvalue weighted by Gasteiger charge is 2.30. The first-order chi connectivity index (χ1) is 13.7. The van der Waals surface area contributed by atoms with Crippen molar-refractivity contribution < 1.29 is 22.3 Å². The van der Waals surface area contributed by atoms with E-state index in [1.165, 1.54) is 10.4 Å². The predicted molar refractivity (Wildman–Crippen MR) is 108 cm³/mol. The largest absolute Gasteiger partial charge is 0.379 e. The lowest BCUT2D eigenvalue weighted by atomic mass is 10.00. The quantitative estimate of drug-likeness (QED) is 0.807. The van der Waals surface area contributed by atoms with E-state index in [1.54, 1.807) is 0 Å². The number of sulfonamides is 1. The number of aryl methyl sites for hydroxylation is 2. The molecule has 1 N–H and O–H groups in total. The van der Waals surface area contributed by atoms with Gasteiger partial charge in [-0.2, -0.15) is 4.31 Å². The van der Waals surface area contributed by atoms with Crippen molar-refractivity contribution in [1.29, 1.82) is 0 Å². The third kappa shape index (κ3) is 4.66. The van der Waals surface area contributed by atoms with Crippen LogP contribution in [0.5, 0.6) is 0 Å². The maximum absolute atomic E-state index is 14.3. The Kier molecular flexibility index (Phi) is 6.36. The van der Waals surface area contributed by atoms with Crippen LogP contribution in [-0.2, 0) is 14.8 Å². The van der Waals surface area contributed by atoms with Crippen molar-refractivity contribution in [3.63, 3.8) is 0 Å². The molecular weight excluding hydrogens is 395 g/mol. The van der Waals surface area contributed by atoms with Crippen molar-refractivity contribution in [2.45, 2.75) is 31.7 Å². The molecule has 1 aliphatic rings. The molecule has 156 valence electrons. The fourth-order valence-corrected chi connectivity index (χ4v) is 4.85. The van der Waals surface area contributed by atoms with E-state index in [0.29, 0.717) is 0 Å². The number of carbonyl (C=O) groups excluding carboxylic acids is 1. The van der Waals surface area contributed by atoms with Gasteiger partial charge in [-0.05, 0) is 50.1 Å². The van der Waals surface area contributed by atoms with E-state index in [-0.39, 0.29) is 37.9 Å². The lowest BCUT2D eigenvalue weighted by Gasteiger charge is -2.26. The minimum Gasteiger partial charge on any atom is -0.379 e. The fraction of sp³-hybridized carbons (Fsp3) is 0.381. The number of carbonyl (C=O) groups is 1. The molecule has 0 saturated carbocycles. The summed E-state index contributed by atoms with van der Waals surface area (Å²) in [7, 11) is -4.04. The van der Waals surface area contributed by atoms with E-state index < -0.39 is 26.6 Å². The highest BCUT2D eigenvalue weighted by Crippen LogP contribution is 2.23. The molecule has 0 radical (unpaired) electrons. The minimum atomic E-state index is -4.04. The number of nitrogens with zero attached hydrogens (tertiary/aromatic N) is 1. The molecule has 1 saturated heterocycles. The topological polar surface area (TPSA) is 75.7 Å². The standard InChI is InChI=1S/C21H25FN2O4S/c1-14-4-5-15(2)18(12-14)16(3)23-21(25)17-6-7-19(22)20(13-17)29(26,27)24-8-10-28-11-9-24/h4-7,12-13,16H,8-11H2,1-3H3,(H,23,25). The molecule has 1 atom stereocenters. The summed E-state index contributed by atoms with van der Waals surface area (Å²) in [6.45, 7) is 6.61. The first-order valence-corrected chi connectivity index (χ1v) is 10.9. The third-order valence-electron chi connectivity index (χ3n) is 5.03. The molecule has 29 heavy (non-hydrogen) atoms. The van der Waals surface area contributed by atoms with Gasteiger partial charge in [-0.15, -0.1) is 0 Å². The Hall–Kier alpha value is -2.29. The Morgan fingerprint density at radius 2 is 1.83 bits per heavy atom. The summed E-state index contributed by atoms with van der Waals surface area (Å²) in [5.74, 6) is -1.34. The van der Waals surface area contributed by atoms with Gasteiger partial charge in [-0.3, -0.25) is 4.79 Å². The number of nitrogens with one attached hydrogen (secondary N) is 1. The zero-order chi connectivity index (χ0) is 21.2. The lowest BCUT2D eigenvalue weighted by molar-refractivity contribution is 0.0729. The number of halogens is 1. The molecule has 0 aromatic heterocycles. The highest BCUT2D eigenvalue weighted by molar-refractivity contribution is 7.89. The summed E-state index contributed by atoms with van der Waals surface area (Å²) in [6.07, 6.45) is 0. The molecule has 1 unspecified atom stereocenters. The highest BCUT2D eigenvalue weighted by atomic mass is 32.2. The van der Waals surface area contributed by atoms with E-state index in [2.05, 4.69) is 5.32 Å². The summed E-state index contributed by atoms with van der Waals surface area (Å²) in [6, 6.07) is 9.11. The molecule has 1 amide bonds. The van der Waals surface area contributed by atoms with Crippen LogP contribution in [-0.4, -0.2) is 44.9 Å². The average molecular weight is 421 g/mol. The summed E-state index contributed by atoms with van der Waals surface area (Å²) < 4.78 is 46.3. The van der Waals surface area contributed by atoms with Crippen LogP contribution in [0.3, 0.4) is 0 Å². The van der Waals surface area contributed by atoms with Crippen LogP contribution in [0, 0.1) is 19.7 Å². The maximum Gasteiger partial charge on any atom is 0.251 e. The fourth-order valence-electron chi connectivity index (χ4n) is 3.35.